The number of fused-ring (bicyclic) bond motifs is 1. The molecule has 0 radical (unpaired) electrons. The van der Waals surface area contributed by atoms with Crippen molar-refractivity contribution < 1.29 is 12.8 Å². The van der Waals surface area contributed by atoms with E-state index in [0.29, 0.717) is 25.0 Å². The maximum absolute atomic E-state index is 13.8. The quantitative estimate of drug-likeness (QED) is 0.854. The normalized spacial score (nSPS) is 12.2. The first-order valence-corrected chi connectivity index (χ1v) is 7.96. The predicted octanol–water partition coefficient (Wildman–Crippen LogP) is 2.03. The lowest BCUT2D eigenvalue weighted by atomic mass is 10.2. The van der Waals surface area contributed by atoms with Crippen molar-refractivity contribution in [2.45, 2.75) is 19.9 Å². The Morgan fingerprint density at radius 2 is 2.11 bits per heavy atom. The number of aryl methyl sites for hydroxylation is 2. The monoisotopic (exact) mass is 284 g/mol. The summed E-state index contributed by atoms with van der Waals surface area (Å²) in [5, 5.41) is 0.869. The summed E-state index contributed by atoms with van der Waals surface area (Å²) in [5.41, 5.74) is 1.55. The van der Waals surface area contributed by atoms with Crippen LogP contribution in [-0.4, -0.2) is 25.8 Å². The molecule has 1 N–H and O–H groups in total. The molecule has 6 heteroatoms. The van der Waals surface area contributed by atoms with Gasteiger partial charge in [0.15, 0.2) is 0 Å². The largest absolute Gasteiger partial charge is 0.342 e. The second kappa shape index (κ2) is 5.30. The van der Waals surface area contributed by atoms with E-state index in [9.17, 15) is 12.8 Å². The zero-order valence-electron chi connectivity index (χ0n) is 11.0. The molecule has 1 aromatic heterocycles. The van der Waals surface area contributed by atoms with Crippen LogP contribution in [0.4, 0.5) is 4.39 Å². The highest BCUT2D eigenvalue weighted by Crippen LogP contribution is 2.22. The highest BCUT2D eigenvalue weighted by Gasteiger charge is 2.09. The van der Waals surface area contributed by atoms with Crippen LogP contribution in [0.15, 0.2) is 24.3 Å². The van der Waals surface area contributed by atoms with Gasteiger partial charge in [-0.05, 0) is 25.5 Å². The molecule has 4 nitrogen and oxygen atoms in total. The van der Waals surface area contributed by atoms with Gasteiger partial charge in [0.25, 0.3) is 0 Å². The third-order valence-electron chi connectivity index (χ3n) is 3.00. The van der Waals surface area contributed by atoms with E-state index in [1.807, 2.05) is 23.6 Å². The van der Waals surface area contributed by atoms with E-state index < -0.39 is 10.0 Å². The summed E-state index contributed by atoms with van der Waals surface area (Å²) in [5.74, 6) is -0.248. The molecule has 104 valence electrons. The summed E-state index contributed by atoms with van der Waals surface area (Å²) in [6.07, 6.45) is 1.75. The third-order valence-corrected chi connectivity index (χ3v) is 3.73. The molecule has 1 heterocycles. The number of para-hydroxylation sites is 1. The predicted molar refractivity (Wildman–Crippen MR) is 74.1 cm³/mol. The van der Waals surface area contributed by atoms with E-state index in [1.165, 1.54) is 6.07 Å². The minimum Gasteiger partial charge on any atom is -0.342 e. The van der Waals surface area contributed by atoms with Crippen molar-refractivity contribution in [2.75, 3.05) is 12.8 Å². The number of aromatic nitrogens is 1. The number of halogens is 1. The lowest BCUT2D eigenvalue weighted by Gasteiger charge is -2.09. The number of benzene rings is 1. The Balaban J connectivity index is 2.14. The van der Waals surface area contributed by atoms with Crippen LogP contribution in [0.1, 0.15) is 12.1 Å². The summed E-state index contributed by atoms with van der Waals surface area (Å²) < 4.78 is 40.0. The first-order chi connectivity index (χ1) is 8.88. The fraction of sp³-hybridized carbons (Fsp3) is 0.385. The van der Waals surface area contributed by atoms with Crippen LogP contribution in [0, 0.1) is 12.7 Å². The lowest BCUT2D eigenvalue weighted by molar-refractivity contribution is 0.572. The SMILES string of the molecule is Cc1cc2cccc(F)c2n1CCCNS(C)(=O)=O. The van der Waals surface area contributed by atoms with E-state index >= 15 is 0 Å². The third kappa shape index (κ3) is 3.33. The lowest BCUT2D eigenvalue weighted by Crippen LogP contribution is -2.24. The van der Waals surface area contributed by atoms with E-state index in [-0.39, 0.29) is 5.82 Å². The first-order valence-electron chi connectivity index (χ1n) is 6.07. The Hall–Kier alpha value is -1.40. The summed E-state index contributed by atoms with van der Waals surface area (Å²) in [4.78, 5) is 0. The van der Waals surface area contributed by atoms with Gasteiger partial charge in [0.05, 0.1) is 11.8 Å². The summed E-state index contributed by atoms with van der Waals surface area (Å²) >= 11 is 0. The van der Waals surface area contributed by atoms with Crippen LogP contribution in [0.25, 0.3) is 10.9 Å². The average molecular weight is 284 g/mol. The van der Waals surface area contributed by atoms with Crippen molar-refractivity contribution >= 4 is 20.9 Å². The molecular formula is C13H17FN2O2S. The van der Waals surface area contributed by atoms with Gasteiger partial charge in [-0.2, -0.15) is 0 Å². The van der Waals surface area contributed by atoms with Gasteiger partial charge in [0.2, 0.25) is 10.0 Å². The maximum Gasteiger partial charge on any atom is 0.208 e. The fourth-order valence-corrected chi connectivity index (χ4v) is 2.71. The molecule has 2 rings (SSSR count). The minimum atomic E-state index is -3.16. The second-order valence-electron chi connectivity index (χ2n) is 4.64. The number of sulfonamides is 1. The van der Waals surface area contributed by atoms with Crippen molar-refractivity contribution in [2.24, 2.45) is 0 Å². The standard InChI is InChI=1S/C13H17FN2O2S/c1-10-9-11-5-3-6-12(14)13(11)16(10)8-4-7-15-19(2,17)18/h3,5-6,9,15H,4,7-8H2,1-2H3. The maximum atomic E-state index is 13.8. The Morgan fingerprint density at radius 3 is 2.79 bits per heavy atom. The van der Waals surface area contributed by atoms with E-state index in [4.69, 9.17) is 0 Å². The van der Waals surface area contributed by atoms with Gasteiger partial charge in [-0.3, -0.25) is 0 Å². The molecule has 0 spiro atoms. The minimum absolute atomic E-state index is 0.248. The molecule has 0 unspecified atom stereocenters. The van der Waals surface area contributed by atoms with Crippen LogP contribution in [0.3, 0.4) is 0 Å². The van der Waals surface area contributed by atoms with E-state index in [0.717, 1.165) is 17.3 Å². The molecule has 0 aliphatic heterocycles. The Labute approximate surface area is 112 Å². The molecule has 0 amide bonds. The summed E-state index contributed by atoms with van der Waals surface area (Å²) in [6, 6.07) is 6.93. The number of hydrogen-bond donors (Lipinski definition) is 1. The molecule has 0 atom stereocenters. The van der Waals surface area contributed by atoms with Crippen molar-refractivity contribution in [1.82, 2.24) is 9.29 Å². The van der Waals surface area contributed by atoms with Crippen LogP contribution in [0.5, 0.6) is 0 Å². The van der Waals surface area contributed by atoms with Crippen molar-refractivity contribution in [3.8, 4) is 0 Å². The van der Waals surface area contributed by atoms with Gasteiger partial charge in [-0.25, -0.2) is 17.5 Å². The average Bonchev–Trinajstić information content (AvgIpc) is 2.61. The molecule has 0 fully saturated rings. The van der Waals surface area contributed by atoms with Gasteiger partial charge >= 0.3 is 0 Å². The molecule has 2 aromatic rings. The Kier molecular flexibility index (Phi) is 3.91. The molecule has 1 aromatic carbocycles. The van der Waals surface area contributed by atoms with Gasteiger partial charge in [-0.1, -0.05) is 12.1 Å². The molecule has 0 aliphatic carbocycles. The smallest absolute Gasteiger partial charge is 0.208 e. The molecular weight excluding hydrogens is 267 g/mol. The fourth-order valence-electron chi connectivity index (χ4n) is 2.20. The second-order valence-corrected chi connectivity index (χ2v) is 6.47. The van der Waals surface area contributed by atoms with Gasteiger partial charge in [0.1, 0.15) is 5.82 Å². The Morgan fingerprint density at radius 1 is 1.37 bits per heavy atom. The van der Waals surface area contributed by atoms with Crippen LogP contribution >= 0.6 is 0 Å². The molecule has 0 saturated heterocycles. The summed E-state index contributed by atoms with van der Waals surface area (Å²) in [6.45, 7) is 2.86. The van der Waals surface area contributed by atoms with Crippen molar-refractivity contribution in [3.63, 3.8) is 0 Å². The van der Waals surface area contributed by atoms with Crippen LogP contribution in [0.2, 0.25) is 0 Å². The molecule has 0 aliphatic rings. The van der Waals surface area contributed by atoms with Crippen molar-refractivity contribution in [1.29, 1.82) is 0 Å². The molecule has 0 saturated carbocycles. The Bertz CT molecular complexity index is 692. The zero-order chi connectivity index (χ0) is 14.0. The number of hydrogen-bond acceptors (Lipinski definition) is 2. The molecule has 0 bridgehead atoms. The number of nitrogens with zero attached hydrogens (tertiary/aromatic N) is 1. The first kappa shape index (κ1) is 14.0. The topological polar surface area (TPSA) is 51.1 Å². The van der Waals surface area contributed by atoms with Crippen LogP contribution < -0.4 is 4.72 Å². The van der Waals surface area contributed by atoms with Crippen molar-refractivity contribution in [3.05, 3.63) is 35.8 Å². The van der Waals surface area contributed by atoms with Gasteiger partial charge in [0, 0.05) is 24.2 Å². The highest BCUT2D eigenvalue weighted by atomic mass is 32.2. The van der Waals surface area contributed by atoms with Crippen LogP contribution in [-0.2, 0) is 16.6 Å². The zero-order valence-corrected chi connectivity index (χ0v) is 11.8. The number of nitrogens with one attached hydrogen (secondary N) is 1. The highest BCUT2D eigenvalue weighted by molar-refractivity contribution is 7.88. The molecule has 19 heavy (non-hydrogen) atoms. The summed E-state index contributed by atoms with van der Waals surface area (Å²) in [7, 11) is -3.16. The van der Waals surface area contributed by atoms with E-state index in [2.05, 4.69) is 4.72 Å². The number of rotatable bonds is 5. The van der Waals surface area contributed by atoms with Gasteiger partial charge in [-0.15, -0.1) is 0 Å². The van der Waals surface area contributed by atoms with Gasteiger partial charge < -0.3 is 4.57 Å². The van der Waals surface area contributed by atoms with E-state index in [1.54, 1.807) is 6.07 Å².